The van der Waals surface area contributed by atoms with Crippen LogP contribution < -0.4 is 10.2 Å². The van der Waals surface area contributed by atoms with Gasteiger partial charge in [0.2, 0.25) is 0 Å². The summed E-state index contributed by atoms with van der Waals surface area (Å²) in [7, 11) is 0. The number of carbonyl (C=O) groups is 1. The molecule has 25 heavy (non-hydrogen) atoms. The zero-order chi connectivity index (χ0) is 18.4. The zero-order valence-corrected chi connectivity index (χ0v) is 15.4. The van der Waals surface area contributed by atoms with Crippen LogP contribution in [-0.4, -0.2) is 23.7 Å². The maximum absolute atomic E-state index is 11.7. The third-order valence-corrected chi connectivity index (χ3v) is 3.96. The Morgan fingerprint density at radius 2 is 2.16 bits per heavy atom. The summed E-state index contributed by atoms with van der Waals surface area (Å²) in [5, 5.41) is 14.6. The molecule has 0 aromatic heterocycles. The molecule has 2 aromatic carbocycles. The molecule has 0 heterocycles. The first-order valence-electron chi connectivity index (χ1n) is 7.01. The van der Waals surface area contributed by atoms with E-state index in [0.29, 0.717) is 11.3 Å². The second kappa shape index (κ2) is 8.59. The normalized spacial score (nSPS) is 10.7. The first-order chi connectivity index (χ1) is 11.9. The smallest absolute Gasteiger partial charge is 0.288 e. The van der Waals surface area contributed by atoms with Crippen molar-refractivity contribution in [3.05, 3.63) is 67.1 Å². The Balaban J connectivity index is 1.90. The molecule has 0 atom stereocenters. The molecule has 7 nitrogen and oxygen atoms in total. The second-order valence-electron chi connectivity index (χ2n) is 4.98. The standard InChI is InChI=1S/C16H13BrClN3O4/c1-10-2-5-15(12(17)6-10)25-9-16(22)20-19-8-11-3-4-13(18)14(7-11)21(23)24/h2-8H,9H2,1H3,(H,20,22)/b19-8+. The largest absolute Gasteiger partial charge is 0.483 e. The summed E-state index contributed by atoms with van der Waals surface area (Å²) in [5.41, 5.74) is 3.54. The maximum atomic E-state index is 11.7. The van der Waals surface area contributed by atoms with E-state index < -0.39 is 10.8 Å². The van der Waals surface area contributed by atoms with Gasteiger partial charge in [0.25, 0.3) is 11.6 Å². The lowest BCUT2D eigenvalue weighted by Crippen LogP contribution is -2.24. The Labute approximate surface area is 156 Å². The minimum absolute atomic E-state index is 0.0308. The van der Waals surface area contributed by atoms with E-state index in [1.165, 1.54) is 18.3 Å². The molecule has 0 spiro atoms. The Kier molecular flexibility index (Phi) is 6.49. The van der Waals surface area contributed by atoms with Crippen molar-refractivity contribution in [3.8, 4) is 5.75 Å². The van der Waals surface area contributed by atoms with E-state index in [-0.39, 0.29) is 17.3 Å². The zero-order valence-electron chi connectivity index (χ0n) is 13.0. The van der Waals surface area contributed by atoms with Crippen LogP contribution in [0, 0.1) is 17.0 Å². The topological polar surface area (TPSA) is 93.8 Å². The van der Waals surface area contributed by atoms with Gasteiger partial charge in [-0.15, -0.1) is 0 Å². The molecule has 0 bridgehead atoms. The van der Waals surface area contributed by atoms with Crippen LogP contribution >= 0.6 is 27.5 Å². The third-order valence-electron chi connectivity index (χ3n) is 3.02. The number of benzene rings is 2. The van der Waals surface area contributed by atoms with Crippen molar-refractivity contribution in [2.24, 2.45) is 5.10 Å². The van der Waals surface area contributed by atoms with Crippen LogP contribution in [0.25, 0.3) is 0 Å². The van der Waals surface area contributed by atoms with Gasteiger partial charge in [0.15, 0.2) is 6.61 Å². The average Bonchev–Trinajstić information content (AvgIpc) is 2.55. The lowest BCUT2D eigenvalue weighted by atomic mass is 10.2. The molecule has 9 heteroatoms. The molecule has 1 N–H and O–H groups in total. The number of halogens is 2. The Hall–Kier alpha value is -2.45. The molecule has 0 saturated carbocycles. The number of amides is 1. The van der Waals surface area contributed by atoms with Gasteiger partial charge in [-0.05, 0) is 46.6 Å². The highest BCUT2D eigenvalue weighted by Gasteiger charge is 2.12. The molecule has 0 aliphatic rings. The van der Waals surface area contributed by atoms with E-state index in [1.807, 2.05) is 19.1 Å². The predicted octanol–water partition coefficient (Wildman–Crippen LogP) is 3.85. The highest BCUT2D eigenvalue weighted by Crippen LogP contribution is 2.26. The number of nitro groups is 1. The first-order valence-corrected chi connectivity index (χ1v) is 8.18. The number of hydrogen-bond acceptors (Lipinski definition) is 5. The van der Waals surface area contributed by atoms with Crippen LogP contribution in [0.3, 0.4) is 0 Å². The number of hydrazone groups is 1. The van der Waals surface area contributed by atoms with Crippen molar-refractivity contribution in [1.82, 2.24) is 5.43 Å². The molecule has 130 valence electrons. The Morgan fingerprint density at radius 1 is 1.40 bits per heavy atom. The molecule has 0 radical (unpaired) electrons. The highest BCUT2D eigenvalue weighted by molar-refractivity contribution is 9.10. The predicted molar refractivity (Wildman–Crippen MR) is 98.2 cm³/mol. The van der Waals surface area contributed by atoms with E-state index >= 15 is 0 Å². The third kappa shape index (κ3) is 5.54. The fourth-order valence-electron chi connectivity index (χ4n) is 1.83. The molecule has 2 aromatic rings. The minimum Gasteiger partial charge on any atom is -0.483 e. The lowest BCUT2D eigenvalue weighted by Gasteiger charge is -2.07. The summed E-state index contributed by atoms with van der Waals surface area (Å²) in [6, 6.07) is 9.69. The molecular weight excluding hydrogens is 414 g/mol. The number of hydrogen-bond donors (Lipinski definition) is 1. The second-order valence-corrected chi connectivity index (χ2v) is 6.25. The molecule has 0 fully saturated rings. The monoisotopic (exact) mass is 425 g/mol. The van der Waals surface area contributed by atoms with Gasteiger partial charge in [0.1, 0.15) is 10.8 Å². The lowest BCUT2D eigenvalue weighted by molar-refractivity contribution is -0.384. The van der Waals surface area contributed by atoms with Crippen LogP contribution in [0.5, 0.6) is 5.75 Å². The summed E-state index contributed by atoms with van der Waals surface area (Å²) in [5.74, 6) is 0.0743. The summed E-state index contributed by atoms with van der Waals surface area (Å²) < 4.78 is 6.13. The Bertz CT molecular complexity index is 842. The molecule has 0 aliphatic heterocycles. The number of aryl methyl sites for hydroxylation is 1. The molecule has 1 amide bonds. The summed E-state index contributed by atoms with van der Waals surface area (Å²) in [6.07, 6.45) is 1.28. The van der Waals surface area contributed by atoms with Crippen molar-refractivity contribution in [2.75, 3.05) is 6.61 Å². The fourth-order valence-corrected chi connectivity index (χ4v) is 2.62. The van der Waals surface area contributed by atoms with Crippen molar-refractivity contribution in [3.63, 3.8) is 0 Å². The van der Waals surface area contributed by atoms with Gasteiger partial charge < -0.3 is 4.74 Å². The van der Waals surface area contributed by atoms with E-state index in [9.17, 15) is 14.9 Å². The van der Waals surface area contributed by atoms with Gasteiger partial charge in [0, 0.05) is 11.6 Å². The first kappa shape index (κ1) is 18.9. The van der Waals surface area contributed by atoms with Crippen LogP contribution in [0.1, 0.15) is 11.1 Å². The van der Waals surface area contributed by atoms with Crippen LogP contribution in [0.15, 0.2) is 46.0 Å². The van der Waals surface area contributed by atoms with Gasteiger partial charge in [-0.25, -0.2) is 5.43 Å². The SMILES string of the molecule is Cc1ccc(OCC(=O)N/N=C/c2ccc(Cl)c([N+](=O)[O-])c2)c(Br)c1. The van der Waals surface area contributed by atoms with E-state index in [0.717, 1.165) is 10.0 Å². The number of nitrogens with zero attached hydrogens (tertiary/aromatic N) is 2. The van der Waals surface area contributed by atoms with Gasteiger partial charge in [-0.2, -0.15) is 5.10 Å². The summed E-state index contributed by atoms with van der Waals surface area (Å²) >= 11 is 9.07. The highest BCUT2D eigenvalue weighted by atomic mass is 79.9. The van der Waals surface area contributed by atoms with Crippen LogP contribution in [0.2, 0.25) is 5.02 Å². The Morgan fingerprint density at radius 3 is 2.84 bits per heavy atom. The van der Waals surface area contributed by atoms with Gasteiger partial charge in [-0.1, -0.05) is 23.7 Å². The van der Waals surface area contributed by atoms with E-state index in [1.54, 1.807) is 12.1 Å². The minimum atomic E-state index is -0.592. The van der Waals surface area contributed by atoms with Gasteiger partial charge in [-0.3, -0.25) is 14.9 Å². The van der Waals surface area contributed by atoms with Crippen LogP contribution in [0.4, 0.5) is 5.69 Å². The molecular formula is C16H13BrClN3O4. The van der Waals surface area contributed by atoms with Crippen molar-refractivity contribution >= 4 is 45.3 Å². The number of nitro benzene ring substituents is 1. The van der Waals surface area contributed by atoms with Crippen molar-refractivity contribution < 1.29 is 14.5 Å². The number of ether oxygens (including phenoxy) is 1. The van der Waals surface area contributed by atoms with Crippen LogP contribution in [-0.2, 0) is 4.79 Å². The maximum Gasteiger partial charge on any atom is 0.288 e. The summed E-state index contributed by atoms with van der Waals surface area (Å²) in [6.45, 7) is 1.72. The summed E-state index contributed by atoms with van der Waals surface area (Å²) in [4.78, 5) is 21.9. The fraction of sp³-hybridized carbons (Fsp3) is 0.125. The number of carbonyl (C=O) groups excluding carboxylic acids is 1. The van der Waals surface area contributed by atoms with Gasteiger partial charge in [0.05, 0.1) is 15.6 Å². The quantitative estimate of drug-likeness (QED) is 0.431. The van der Waals surface area contributed by atoms with E-state index in [2.05, 4.69) is 26.5 Å². The van der Waals surface area contributed by atoms with Crippen molar-refractivity contribution in [1.29, 1.82) is 0 Å². The molecule has 0 unspecified atom stereocenters. The number of nitrogens with one attached hydrogen (secondary N) is 1. The average molecular weight is 427 g/mol. The van der Waals surface area contributed by atoms with Gasteiger partial charge >= 0.3 is 0 Å². The molecule has 2 rings (SSSR count). The van der Waals surface area contributed by atoms with Crippen molar-refractivity contribution in [2.45, 2.75) is 6.92 Å². The molecule has 0 aliphatic carbocycles. The molecule has 0 saturated heterocycles. The number of rotatable bonds is 6. The van der Waals surface area contributed by atoms with E-state index in [4.69, 9.17) is 16.3 Å².